The van der Waals surface area contributed by atoms with Gasteiger partial charge in [-0.2, -0.15) is 22.7 Å². The van der Waals surface area contributed by atoms with Crippen molar-refractivity contribution in [2.24, 2.45) is 17.6 Å². The molecule has 0 saturated carbocycles. The number of halogens is 2. The number of aliphatic hydroxyl groups excluding tert-OH is 1. The van der Waals surface area contributed by atoms with E-state index < -0.39 is 49.0 Å². The Balaban J connectivity index is 0.000000195. The number of carbonyl (C=O) groups is 7. The van der Waals surface area contributed by atoms with Gasteiger partial charge in [-0.3, -0.25) is 28.8 Å². The number of aliphatic hydroxyl groups is 1. The summed E-state index contributed by atoms with van der Waals surface area (Å²) in [5, 5.41) is 20.1. The van der Waals surface area contributed by atoms with E-state index in [0.717, 1.165) is 90.8 Å². The largest absolute Gasteiger partial charge is 0.444 e. The molecule has 21 heteroatoms. The van der Waals surface area contributed by atoms with Crippen LogP contribution in [0.2, 0.25) is 0 Å². The first kappa shape index (κ1) is 66.5. The first-order chi connectivity index (χ1) is 44.4. The number of Topliss-reactive ketones (excluding diaryl/α,β-unsaturated/α-hetero) is 2. The van der Waals surface area contributed by atoms with Crippen LogP contribution < -0.4 is 30.7 Å². The molecule has 92 heavy (non-hydrogen) atoms. The quantitative estimate of drug-likeness (QED) is 0.0620. The van der Waals surface area contributed by atoms with Gasteiger partial charge in [0.2, 0.25) is 23.6 Å². The van der Waals surface area contributed by atoms with Gasteiger partial charge in [0.15, 0.2) is 11.6 Å². The molecule has 4 aromatic heterocycles. The molecule has 484 valence electrons. The van der Waals surface area contributed by atoms with Crippen LogP contribution in [-0.2, 0) is 85.4 Å². The Bertz CT molecular complexity index is 3950. The van der Waals surface area contributed by atoms with Crippen molar-refractivity contribution in [3.05, 3.63) is 164 Å². The number of rotatable bonds is 21. The Morgan fingerprint density at radius 1 is 0.652 bits per heavy atom. The van der Waals surface area contributed by atoms with Crippen LogP contribution >= 0.6 is 22.7 Å². The zero-order chi connectivity index (χ0) is 65.2. The third-order valence-electron chi connectivity index (χ3n) is 17.1. The van der Waals surface area contributed by atoms with E-state index in [4.69, 9.17) is 15.6 Å². The Hall–Kier alpha value is -8.37. The van der Waals surface area contributed by atoms with Crippen LogP contribution in [0, 0.1) is 11.8 Å². The third-order valence-corrected chi connectivity index (χ3v) is 18.6. The molecule has 4 aliphatic heterocycles. The van der Waals surface area contributed by atoms with Crippen LogP contribution in [0.3, 0.4) is 0 Å². The second-order valence-corrected chi connectivity index (χ2v) is 26.3. The van der Waals surface area contributed by atoms with Gasteiger partial charge >= 0.3 is 6.09 Å². The summed E-state index contributed by atoms with van der Waals surface area (Å²) in [7, 11) is 0. The first-order valence-corrected chi connectivity index (χ1v) is 33.4. The maximum atomic E-state index is 14.4. The Kier molecular flexibility index (Phi) is 21.7. The minimum Gasteiger partial charge on any atom is -0.444 e. The highest BCUT2D eigenvalue weighted by Gasteiger charge is 2.41. The molecule has 4 aromatic carbocycles. The molecule has 8 heterocycles. The topological polar surface area (TPSA) is 210 Å². The fraction of sp³-hybridized carbons (Fsp3) is 0.394. The first-order valence-electron chi connectivity index (χ1n) is 31.5. The molecular weight excluding hydrogens is 1210 g/mol. The van der Waals surface area contributed by atoms with Gasteiger partial charge in [-0.25, -0.2) is 13.6 Å². The number of hydrogen-bond donors (Lipinski definition) is 3. The molecule has 2 fully saturated rings. The Labute approximate surface area is 542 Å². The van der Waals surface area contributed by atoms with Gasteiger partial charge in [0.25, 0.3) is 0 Å². The predicted molar refractivity (Wildman–Crippen MR) is 358 cm³/mol. The van der Waals surface area contributed by atoms with Gasteiger partial charge in [-0.15, -0.1) is 0 Å². The lowest BCUT2D eigenvalue weighted by molar-refractivity contribution is -0.129. The molecular formula is C71H80F2N8O9S2. The highest BCUT2D eigenvalue weighted by atomic mass is 32.1. The molecule has 0 radical (unpaired) electrons. The van der Waals surface area contributed by atoms with Crippen molar-refractivity contribution in [3.63, 3.8) is 0 Å². The zero-order valence-electron chi connectivity index (χ0n) is 52.5. The van der Waals surface area contributed by atoms with Crippen LogP contribution in [0.25, 0.3) is 21.8 Å². The predicted octanol–water partition coefficient (Wildman–Crippen LogP) is 11.6. The van der Waals surface area contributed by atoms with Gasteiger partial charge in [-0.1, -0.05) is 60.7 Å². The maximum Gasteiger partial charge on any atom is 0.408 e. The van der Waals surface area contributed by atoms with E-state index in [1.165, 1.54) is 0 Å². The monoisotopic (exact) mass is 1290 g/mol. The van der Waals surface area contributed by atoms with Crippen LogP contribution in [0.15, 0.2) is 131 Å². The molecule has 4 atom stereocenters. The van der Waals surface area contributed by atoms with Gasteiger partial charge < -0.3 is 49.6 Å². The molecule has 0 aliphatic carbocycles. The zero-order valence-corrected chi connectivity index (χ0v) is 54.1. The lowest BCUT2D eigenvalue weighted by Crippen LogP contribution is -2.47. The smallest absolute Gasteiger partial charge is 0.408 e. The van der Waals surface area contributed by atoms with E-state index in [2.05, 4.69) is 5.32 Å². The molecule has 2 unspecified atom stereocenters. The molecule has 4 N–H and O–H groups in total. The summed E-state index contributed by atoms with van der Waals surface area (Å²) in [5.41, 5.74) is 15.9. The van der Waals surface area contributed by atoms with Crippen molar-refractivity contribution in [3.8, 4) is 0 Å². The Morgan fingerprint density at radius 2 is 1.11 bits per heavy atom. The lowest BCUT2D eigenvalue weighted by atomic mass is 9.85. The fourth-order valence-corrected chi connectivity index (χ4v) is 14.4. The van der Waals surface area contributed by atoms with E-state index in [0.29, 0.717) is 58.3 Å². The number of alkyl carbamates (subject to hydrolysis) is 1. The van der Waals surface area contributed by atoms with Crippen molar-refractivity contribution >= 4 is 109 Å². The van der Waals surface area contributed by atoms with Crippen molar-refractivity contribution in [2.75, 3.05) is 52.6 Å². The van der Waals surface area contributed by atoms with Gasteiger partial charge in [0, 0.05) is 97.8 Å². The molecule has 0 spiro atoms. The standard InChI is InChI=1S/C37H41FN4O5S.C32H33FN4O3S.C2H6O/c1-37(2,3)47-36(46)39-29(19-27-22-40(16-14-38)30-10-5-4-9-28(27)30)32(43)20-26-18-25-8-6-11-31(41-15-7-12-33(41)44)34(25)42(35(26)45)21-24-13-17-48-23-24;33-11-13-35-19-24(25-6-1-2-7-27(25)35)16-26(34)29(38)17-23-15-22-5-3-8-28(36-12-4-9-30(36)39)31(22)37(32(23)40)18-21-10-14-41-20-21;1-2-3/h4-6,8-11,13,17,22-23,26,29H,7,12,14-16,18-21H2,1-3H3,(H,39,46);1-3,5-8,10,14,19-20,23,26H,4,9,11-13,15-18,34H2;3H,2H2,1H3/t26?,29-;23?,26-;/m11./s1. The molecule has 8 aromatic rings. The molecule has 12 rings (SSSR count). The van der Waals surface area contributed by atoms with E-state index in [-0.39, 0.29) is 74.2 Å². The summed E-state index contributed by atoms with van der Waals surface area (Å²) in [4.78, 5) is 102. The van der Waals surface area contributed by atoms with Crippen LogP contribution in [0.4, 0.5) is 36.3 Å². The number of alkyl halides is 2. The van der Waals surface area contributed by atoms with E-state index in [9.17, 15) is 42.3 Å². The fourth-order valence-electron chi connectivity index (χ4n) is 13.0. The van der Waals surface area contributed by atoms with Gasteiger partial charge in [-0.05, 0) is 151 Å². The maximum absolute atomic E-state index is 14.4. The number of nitrogens with two attached hydrogens (primary N) is 1. The number of para-hydroxylation sites is 4. The second kappa shape index (κ2) is 29.9. The number of ketones is 2. The molecule has 5 amide bonds. The number of nitrogens with zero attached hydrogens (tertiary/aromatic N) is 6. The summed E-state index contributed by atoms with van der Waals surface area (Å²) in [6.07, 6.45) is 6.64. The number of aromatic nitrogens is 2. The number of thiophene rings is 2. The van der Waals surface area contributed by atoms with Crippen molar-refractivity contribution < 1.29 is 52.2 Å². The second-order valence-electron chi connectivity index (χ2n) is 24.8. The highest BCUT2D eigenvalue weighted by Crippen LogP contribution is 2.44. The van der Waals surface area contributed by atoms with E-state index in [1.54, 1.807) is 70.0 Å². The summed E-state index contributed by atoms with van der Waals surface area (Å²) < 4.78 is 35.8. The number of hydrogen-bond acceptors (Lipinski definition) is 12. The lowest BCUT2D eigenvalue weighted by Gasteiger charge is -2.37. The number of anilines is 4. The number of fused-ring (bicyclic) bond motifs is 4. The summed E-state index contributed by atoms with van der Waals surface area (Å²) in [6.45, 7) is 8.47. The number of nitrogens with one attached hydrogen (secondary N) is 1. The summed E-state index contributed by atoms with van der Waals surface area (Å²) >= 11 is 3.11. The van der Waals surface area contributed by atoms with E-state index >= 15 is 0 Å². The average Bonchev–Trinajstić information content (AvgIpc) is 0.970. The summed E-state index contributed by atoms with van der Waals surface area (Å²) in [5.74, 6) is -1.91. The molecule has 2 saturated heterocycles. The number of ether oxygens (including phenoxy) is 1. The number of carbonyl (C=O) groups excluding carboxylic acids is 7. The minimum absolute atomic E-state index is 0.0348. The normalized spacial score (nSPS) is 17.1. The molecule has 17 nitrogen and oxygen atoms in total. The number of aryl methyl sites for hydroxylation is 2. The highest BCUT2D eigenvalue weighted by molar-refractivity contribution is 7.08. The van der Waals surface area contributed by atoms with Crippen LogP contribution in [-0.4, -0.2) is 106 Å². The number of benzene rings is 4. The molecule has 0 bridgehead atoms. The van der Waals surface area contributed by atoms with Gasteiger partial charge in [0.1, 0.15) is 19.0 Å². The van der Waals surface area contributed by atoms with Gasteiger partial charge in [0.05, 0.1) is 61.0 Å². The number of amides is 5. The van der Waals surface area contributed by atoms with Crippen molar-refractivity contribution in [2.45, 2.75) is 136 Å². The molecule has 4 aliphatic rings. The van der Waals surface area contributed by atoms with E-state index in [1.807, 2.05) is 140 Å². The minimum atomic E-state index is -0.988. The summed E-state index contributed by atoms with van der Waals surface area (Å²) in [6, 6.07) is 29.1. The van der Waals surface area contributed by atoms with Crippen LogP contribution in [0.5, 0.6) is 0 Å². The average molecular weight is 1290 g/mol. The van der Waals surface area contributed by atoms with Crippen LogP contribution in [0.1, 0.15) is 99.6 Å². The Morgan fingerprint density at radius 3 is 1.53 bits per heavy atom. The van der Waals surface area contributed by atoms with Crippen molar-refractivity contribution in [1.82, 2.24) is 14.5 Å². The van der Waals surface area contributed by atoms with Crippen molar-refractivity contribution in [1.29, 1.82) is 0 Å². The third kappa shape index (κ3) is 15.2. The SMILES string of the molecule is CC(C)(C)OC(=O)N[C@H](Cc1cn(CCF)c2ccccc12)C(=O)CC1Cc2cccc(N3CCCC3=O)c2N(Cc2ccsc2)C1=O.CCO.N[C@H](Cc1cn(CCF)c2ccccc12)C(=O)CC1Cc2cccc(N3CCCC3=O)c2N(Cc2ccsc2)C1=O.